The van der Waals surface area contributed by atoms with Crippen molar-refractivity contribution in [3.8, 4) is 0 Å². The van der Waals surface area contributed by atoms with Crippen LogP contribution < -0.4 is 10.6 Å². The van der Waals surface area contributed by atoms with Crippen molar-refractivity contribution >= 4 is 40.0 Å². The molecule has 24 heavy (non-hydrogen) atoms. The Morgan fingerprint density at radius 2 is 1.79 bits per heavy atom. The molecule has 0 aromatic heterocycles. The minimum Gasteiger partial charge on any atom is -0.357 e. The molecular formula is C13H24F3IN4O2S. The Morgan fingerprint density at radius 1 is 1.21 bits per heavy atom. The number of halogens is 4. The van der Waals surface area contributed by atoms with E-state index < -0.39 is 15.5 Å². The van der Waals surface area contributed by atoms with E-state index in [2.05, 4.69) is 15.6 Å². The van der Waals surface area contributed by atoms with Crippen molar-refractivity contribution in [1.82, 2.24) is 14.9 Å². The Balaban J connectivity index is 0.00000288. The fourth-order valence-corrected chi connectivity index (χ4v) is 3.42. The minimum absolute atomic E-state index is 0. The predicted molar refractivity (Wildman–Crippen MR) is 96.8 cm³/mol. The van der Waals surface area contributed by atoms with E-state index in [9.17, 15) is 21.6 Å². The van der Waals surface area contributed by atoms with E-state index in [1.54, 1.807) is 0 Å². The molecule has 0 amide bonds. The van der Waals surface area contributed by atoms with Gasteiger partial charge in [-0.05, 0) is 38.5 Å². The number of aliphatic imine (C=N–C) groups is 1. The van der Waals surface area contributed by atoms with E-state index in [-0.39, 0.29) is 43.0 Å². The van der Waals surface area contributed by atoms with Gasteiger partial charge in [0.1, 0.15) is 0 Å². The van der Waals surface area contributed by atoms with Crippen LogP contribution in [0.4, 0.5) is 13.2 Å². The van der Waals surface area contributed by atoms with Crippen LogP contribution in [-0.4, -0.2) is 56.4 Å². The van der Waals surface area contributed by atoms with E-state index in [0.717, 1.165) is 25.3 Å². The van der Waals surface area contributed by atoms with Gasteiger partial charge in [0.15, 0.2) is 5.96 Å². The van der Waals surface area contributed by atoms with E-state index in [4.69, 9.17) is 0 Å². The zero-order valence-corrected chi connectivity index (χ0v) is 16.6. The van der Waals surface area contributed by atoms with Gasteiger partial charge < -0.3 is 10.6 Å². The summed E-state index contributed by atoms with van der Waals surface area (Å²) in [6.07, 6.45) is 3.03. The third-order valence-corrected chi connectivity index (χ3v) is 5.61. The zero-order chi connectivity index (χ0) is 17.1. The lowest BCUT2D eigenvalue weighted by molar-refractivity contribution is -0.0496. The van der Waals surface area contributed by atoms with Crippen molar-refractivity contribution in [3.05, 3.63) is 0 Å². The van der Waals surface area contributed by atoms with Crippen molar-refractivity contribution < 1.29 is 21.6 Å². The van der Waals surface area contributed by atoms with E-state index in [0.29, 0.717) is 29.7 Å². The summed E-state index contributed by atoms with van der Waals surface area (Å²) in [6, 6.07) is 0.464. The Labute approximate surface area is 157 Å². The van der Waals surface area contributed by atoms with Crippen LogP contribution in [0.3, 0.4) is 0 Å². The van der Waals surface area contributed by atoms with Crippen LogP contribution >= 0.6 is 24.0 Å². The lowest BCUT2D eigenvalue weighted by Gasteiger charge is -2.30. The van der Waals surface area contributed by atoms with Gasteiger partial charge in [-0.1, -0.05) is 0 Å². The Morgan fingerprint density at radius 3 is 2.25 bits per heavy atom. The zero-order valence-electron chi connectivity index (χ0n) is 13.5. The Bertz CT molecular complexity index is 530. The highest BCUT2D eigenvalue weighted by molar-refractivity contribution is 14.0. The van der Waals surface area contributed by atoms with Gasteiger partial charge in [-0.25, -0.2) is 8.42 Å². The van der Waals surface area contributed by atoms with Crippen molar-refractivity contribution in [2.75, 3.05) is 26.2 Å². The number of sulfonamides is 1. The quantitative estimate of drug-likeness (QED) is 0.355. The molecule has 0 spiro atoms. The molecule has 0 atom stereocenters. The molecule has 1 saturated carbocycles. The summed E-state index contributed by atoms with van der Waals surface area (Å²) in [4.78, 5) is 4.46. The molecule has 0 radical (unpaired) electrons. The first-order chi connectivity index (χ1) is 10.7. The SMILES string of the molecule is CCNC(=NCC1CCN(S(=O)(=O)C(F)(F)F)CC1)NC1CC1.I. The largest absolute Gasteiger partial charge is 0.511 e. The Kier molecular flexibility index (Phi) is 8.04. The summed E-state index contributed by atoms with van der Waals surface area (Å²) >= 11 is 0. The normalized spacial score (nSPS) is 21.2. The second kappa shape index (κ2) is 8.88. The summed E-state index contributed by atoms with van der Waals surface area (Å²) in [5.41, 5.74) is -5.22. The summed E-state index contributed by atoms with van der Waals surface area (Å²) in [5, 5.41) is 6.40. The van der Waals surface area contributed by atoms with Crippen molar-refractivity contribution in [3.63, 3.8) is 0 Å². The number of hydrogen-bond acceptors (Lipinski definition) is 3. The van der Waals surface area contributed by atoms with Crippen LogP contribution in [0.15, 0.2) is 4.99 Å². The predicted octanol–water partition coefficient (Wildman–Crippen LogP) is 1.88. The highest BCUT2D eigenvalue weighted by Gasteiger charge is 2.50. The lowest BCUT2D eigenvalue weighted by Crippen LogP contribution is -2.45. The molecule has 2 rings (SSSR count). The molecule has 0 aromatic rings. The summed E-state index contributed by atoms with van der Waals surface area (Å²) in [6.45, 7) is 2.98. The molecule has 0 aromatic carbocycles. The molecule has 1 aliphatic carbocycles. The first-order valence-electron chi connectivity index (χ1n) is 7.85. The van der Waals surface area contributed by atoms with Gasteiger partial charge >= 0.3 is 15.5 Å². The topological polar surface area (TPSA) is 73.8 Å². The van der Waals surface area contributed by atoms with Gasteiger partial charge in [0.05, 0.1) is 0 Å². The molecule has 0 unspecified atom stereocenters. The third-order valence-electron chi connectivity index (χ3n) is 3.98. The number of rotatable bonds is 5. The molecule has 0 bridgehead atoms. The molecule has 11 heteroatoms. The second-order valence-corrected chi connectivity index (χ2v) is 7.86. The van der Waals surface area contributed by atoms with E-state index >= 15 is 0 Å². The standard InChI is InChI=1S/C13H23F3N4O2S.HI/c1-2-17-12(19-11-3-4-11)18-9-10-5-7-20(8-6-10)23(21,22)13(14,15)16;/h10-11H,2-9H2,1H3,(H2,17,18,19);1H. The molecule has 2 N–H and O–H groups in total. The van der Waals surface area contributed by atoms with Crippen LogP contribution in [0.1, 0.15) is 32.6 Å². The van der Waals surface area contributed by atoms with Gasteiger partial charge in [0, 0.05) is 32.2 Å². The maximum Gasteiger partial charge on any atom is 0.511 e. The molecule has 2 aliphatic rings. The highest BCUT2D eigenvalue weighted by Crippen LogP contribution is 2.30. The molecular weight excluding hydrogens is 460 g/mol. The van der Waals surface area contributed by atoms with Crippen LogP contribution in [0.5, 0.6) is 0 Å². The molecule has 2 fully saturated rings. The average molecular weight is 484 g/mol. The Hall–Kier alpha value is -0.300. The fraction of sp³-hybridized carbons (Fsp3) is 0.923. The van der Waals surface area contributed by atoms with Gasteiger partial charge in [0.2, 0.25) is 0 Å². The fourth-order valence-electron chi connectivity index (χ4n) is 2.44. The third kappa shape index (κ3) is 5.90. The molecule has 1 aliphatic heterocycles. The van der Waals surface area contributed by atoms with Crippen molar-refractivity contribution in [2.24, 2.45) is 10.9 Å². The first-order valence-corrected chi connectivity index (χ1v) is 9.29. The molecule has 142 valence electrons. The van der Waals surface area contributed by atoms with Crippen LogP contribution in [0, 0.1) is 5.92 Å². The lowest BCUT2D eigenvalue weighted by atomic mass is 9.98. The van der Waals surface area contributed by atoms with E-state index in [1.165, 1.54) is 0 Å². The maximum atomic E-state index is 12.5. The van der Waals surface area contributed by atoms with E-state index in [1.807, 2.05) is 6.92 Å². The van der Waals surface area contributed by atoms with Crippen LogP contribution in [-0.2, 0) is 10.0 Å². The smallest absolute Gasteiger partial charge is 0.357 e. The molecule has 1 saturated heterocycles. The van der Waals surface area contributed by atoms with Crippen LogP contribution in [0.2, 0.25) is 0 Å². The highest BCUT2D eigenvalue weighted by atomic mass is 127. The average Bonchev–Trinajstić information content (AvgIpc) is 3.28. The van der Waals surface area contributed by atoms with Gasteiger partial charge in [-0.3, -0.25) is 4.99 Å². The minimum atomic E-state index is -5.22. The summed E-state index contributed by atoms with van der Waals surface area (Å²) in [5.74, 6) is 0.824. The molecule has 1 heterocycles. The number of nitrogens with zero attached hydrogens (tertiary/aromatic N) is 2. The number of alkyl halides is 3. The van der Waals surface area contributed by atoms with Crippen molar-refractivity contribution in [2.45, 2.75) is 44.2 Å². The van der Waals surface area contributed by atoms with Gasteiger partial charge in [-0.15, -0.1) is 24.0 Å². The van der Waals surface area contributed by atoms with Gasteiger partial charge in [0.25, 0.3) is 0 Å². The number of guanidine groups is 1. The molecule has 6 nitrogen and oxygen atoms in total. The maximum absolute atomic E-state index is 12.5. The van der Waals surface area contributed by atoms with Crippen molar-refractivity contribution in [1.29, 1.82) is 0 Å². The summed E-state index contributed by atoms with van der Waals surface area (Å²) in [7, 11) is -5.20. The van der Waals surface area contributed by atoms with Crippen LogP contribution in [0.25, 0.3) is 0 Å². The number of hydrogen-bond donors (Lipinski definition) is 2. The number of piperidine rings is 1. The monoisotopic (exact) mass is 484 g/mol. The number of nitrogens with one attached hydrogen (secondary N) is 2. The summed E-state index contributed by atoms with van der Waals surface area (Å²) < 4.78 is 60.8. The second-order valence-electron chi connectivity index (χ2n) is 5.93. The van der Waals surface area contributed by atoms with Gasteiger partial charge in [-0.2, -0.15) is 17.5 Å². The first kappa shape index (κ1) is 21.7.